The molecule has 0 aromatic heterocycles. The Balaban J connectivity index is 0.000000515. The minimum atomic E-state index is -0.302. The number of para-hydroxylation sites is 3. The van der Waals surface area contributed by atoms with Gasteiger partial charge in [-0.3, -0.25) is 4.79 Å². The first-order valence-electron chi connectivity index (χ1n) is 11.6. The topological polar surface area (TPSA) is 73.3 Å². The first-order valence-corrected chi connectivity index (χ1v) is 12.7. The van der Waals surface area contributed by atoms with Crippen LogP contribution in [0.3, 0.4) is 0 Å². The van der Waals surface area contributed by atoms with Crippen LogP contribution in [0.2, 0.25) is 0 Å². The van der Waals surface area contributed by atoms with Crippen molar-refractivity contribution in [1.82, 2.24) is 0 Å². The standard InChI is InChI=1S/C10H13NO2.C9H13NO.C9H11NO.CH2Cl2/c1-11(2)9-7-5-4-6-8(9)10(12)13-3;2*1-10(2)9-6-4-3-5-8(9)7-11;2-1-3/h4-7H,1-3H3;3-6,11H,7H2,1-2H3;3-7H,1-2H3;1H2. The van der Waals surface area contributed by atoms with Crippen LogP contribution in [0.5, 0.6) is 0 Å². The van der Waals surface area contributed by atoms with E-state index in [1.54, 1.807) is 6.07 Å². The number of esters is 1. The number of aliphatic hydroxyl groups excluding tert-OH is 1. The first-order chi connectivity index (χ1) is 18.1. The SMILES string of the molecule is CN(C)c1ccccc1C=O.CN(C)c1ccccc1CO.COC(=O)c1ccccc1N(C)C.ClCCl. The van der Waals surface area contributed by atoms with E-state index < -0.39 is 0 Å². The number of ether oxygens (including phenoxy) is 1. The van der Waals surface area contributed by atoms with E-state index in [0.29, 0.717) is 5.56 Å². The predicted molar refractivity (Wildman–Crippen MR) is 162 cm³/mol. The van der Waals surface area contributed by atoms with E-state index in [1.165, 1.54) is 7.11 Å². The van der Waals surface area contributed by atoms with Crippen molar-refractivity contribution in [2.24, 2.45) is 0 Å². The normalized spacial score (nSPS) is 9.21. The largest absolute Gasteiger partial charge is 0.465 e. The van der Waals surface area contributed by atoms with Crippen molar-refractivity contribution >= 4 is 52.5 Å². The fourth-order valence-electron chi connectivity index (χ4n) is 3.22. The van der Waals surface area contributed by atoms with Crippen LogP contribution in [0.1, 0.15) is 26.3 Å². The van der Waals surface area contributed by atoms with E-state index in [9.17, 15) is 9.59 Å². The van der Waals surface area contributed by atoms with E-state index in [-0.39, 0.29) is 17.9 Å². The Bertz CT molecular complexity index is 1090. The number of rotatable bonds is 6. The molecule has 0 spiro atoms. The number of hydrogen-bond acceptors (Lipinski definition) is 7. The van der Waals surface area contributed by atoms with Gasteiger partial charge >= 0.3 is 5.97 Å². The highest BCUT2D eigenvalue weighted by molar-refractivity contribution is 6.40. The van der Waals surface area contributed by atoms with Crippen molar-refractivity contribution in [3.05, 3.63) is 89.5 Å². The number of carbonyl (C=O) groups excluding carboxylic acids is 2. The number of nitrogens with zero attached hydrogens (tertiary/aromatic N) is 3. The average molecular weight is 565 g/mol. The van der Waals surface area contributed by atoms with Gasteiger partial charge in [0.25, 0.3) is 0 Å². The Kier molecular flexibility index (Phi) is 18.1. The summed E-state index contributed by atoms with van der Waals surface area (Å²) in [7, 11) is 12.9. The fraction of sp³-hybridized carbons (Fsp3) is 0.310. The van der Waals surface area contributed by atoms with E-state index >= 15 is 0 Å². The summed E-state index contributed by atoms with van der Waals surface area (Å²) in [6.45, 7) is 0.106. The number of aliphatic hydroxyl groups is 1. The van der Waals surface area contributed by atoms with Gasteiger partial charge in [-0.1, -0.05) is 42.5 Å². The lowest BCUT2D eigenvalue weighted by Gasteiger charge is -2.15. The Morgan fingerprint density at radius 2 is 1.18 bits per heavy atom. The zero-order chi connectivity index (χ0) is 29.1. The minimum Gasteiger partial charge on any atom is -0.465 e. The molecule has 208 valence electrons. The third kappa shape index (κ3) is 12.3. The molecule has 0 aliphatic carbocycles. The van der Waals surface area contributed by atoms with Gasteiger partial charge in [-0.25, -0.2) is 4.79 Å². The molecule has 0 amide bonds. The van der Waals surface area contributed by atoms with Gasteiger partial charge in [-0.05, 0) is 30.3 Å². The molecule has 38 heavy (non-hydrogen) atoms. The van der Waals surface area contributed by atoms with E-state index in [1.807, 2.05) is 124 Å². The van der Waals surface area contributed by atoms with Gasteiger partial charge < -0.3 is 24.5 Å². The maximum absolute atomic E-state index is 11.3. The molecule has 7 nitrogen and oxygen atoms in total. The zero-order valence-electron chi connectivity index (χ0n) is 23.2. The fourth-order valence-corrected chi connectivity index (χ4v) is 3.22. The number of hydrogen-bond donors (Lipinski definition) is 1. The van der Waals surface area contributed by atoms with Crippen molar-refractivity contribution in [2.75, 3.05) is 69.4 Å². The Labute approximate surface area is 237 Å². The van der Waals surface area contributed by atoms with E-state index in [2.05, 4.69) is 4.74 Å². The molecule has 3 rings (SSSR count). The van der Waals surface area contributed by atoms with Crippen LogP contribution in [0, 0.1) is 0 Å². The van der Waals surface area contributed by atoms with Crippen LogP contribution in [0.15, 0.2) is 72.8 Å². The number of alkyl halides is 2. The molecule has 0 aliphatic rings. The highest BCUT2D eigenvalue weighted by Crippen LogP contribution is 2.19. The highest BCUT2D eigenvalue weighted by atomic mass is 35.5. The number of aldehydes is 1. The molecule has 1 N–H and O–H groups in total. The summed E-state index contributed by atoms with van der Waals surface area (Å²) in [5, 5.41) is 9.14. The second-order valence-corrected chi connectivity index (χ2v) is 9.06. The quantitative estimate of drug-likeness (QED) is 0.232. The number of methoxy groups -OCH3 is 1. The molecule has 3 aromatic carbocycles. The zero-order valence-corrected chi connectivity index (χ0v) is 24.7. The lowest BCUT2D eigenvalue weighted by atomic mass is 10.1. The van der Waals surface area contributed by atoms with Crippen molar-refractivity contribution in [2.45, 2.75) is 6.61 Å². The Morgan fingerprint density at radius 3 is 1.58 bits per heavy atom. The minimum absolute atomic E-state index is 0.106. The van der Waals surface area contributed by atoms with Crippen LogP contribution in [0.4, 0.5) is 17.1 Å². The molecular formula is C29H39Cl2N3O4. The van der Waals surface area contributed by atoms with Crippen LogP contribution in [0.25, 0.3) is 0 Å². The number of halogens is 2. The van der Waals surface area contributed by atoms with E-state index in [4.69, 9.17) is 28.3 Å². The molecule has 0 saturated heterocycles. The molecule has 0 fully saturated rings. The molecule has 0 unspecified atom stereocenters. The lowest BCUT2D eigenvalue weighted by Crippen LogP contribution is -2.14. The summed E-state index contributed by atoms with van der Waals surface area (Å²) in [5.74, 6) is -0.302. The maximum Gasteiger partial charge on any atom is 0.339 e. The number of benzene rings is 3. The van der Waals surface area contributed by atoms with E-state index in [0.717, 1.165) is 34.5 Å². The van der Waals surface area contributed by atoms with Gasteiger partial charge in [-0.15, -0.1) is 23.2 Å². The smallest absolute Gasteiger partial charge is 0.339 e. The van der Waals surface area contributed by atoms with Gasteiger partial charge in [0, 0.05) is 64.8 Å². The van der Waals surface area contributed by atoms with Gasteiger partial charge in [0.15, 0.2) is 6.29 Å². The van der Waals surface area contributed by atoms with Gasteiger partial charge in [-0.2, -0.15) is 0 Å². The lowest BCUT2D eigenvalue weighted by molar-refractivity contribution is 0.0601. The molecule has 0 radical (unpaired) electrons. The Hall–Kier alpha value is -3.26. The molecular weight excluding hydrogens is 525 g/mol. The van der Waals surface area contributed by atoms with Crippen LogP contribution < -0.4 is 14.7 Å². The highest BCUT2D eigenvalue weighted by Gasteiger charge is 2.11. The first kappa shape index (κ1) is 34.7. The molecule has 9 heteroatoms. The van der Waals surface area contributed by atoms with Crippen LogP contribution in [-0.2, 0) is 11.3 Å². The van der Waals surface area contributed by atoms with Gasteiger partial charge in [0.2, 0.25) is 0 Å². The van der Waals surface area contributed by atoms with Crippen molar-refractivity contribution in [3.63, 3.8) is 0 Å². The van der Waals surface area contributed by atoms with Crippen LogP contribution >= 0.6 is 23.2 Å². The molecule has 0 atom stereocenters. The third-order valence-electron chi connectivity index (χ3n) is 4.98. The molecule has 0 saturated carbocycles. The average Bonchev–Trinajstić information content (AvgIpc) is 2.93. The van der Waals surface area contributed by atoms with Crippen molar-refractivity contribution in [3.8, 4) is 0 Å². The molecule has 0 heterocycles. The summed E-state index contributed by atoms with van der Waals surface area (Å²) in [5.41, 5.74) is 5.21. The van der Waals surface area contributed by atoms with Gasteiger partial charge in [0.1, 0.15) is 0 Å². The number of carbonyl (C=O) groups is 2. The number of anilines is 3. The monoisotopic (exact) mass is 563 g/mol. The van der Waals surface area contributed by atoms with Gasteiger partial charge in [0.05, 0.1) is 30.3 Å². The predicted octanol–water partition coefficient (Wildman–Crippen LogP) is 5.77. The summed E-state index contributed by atoms with van der Waals surface area (Å²) in [4.78, 5) is 27.6. The second-order valence-electron chi connectivity index (χ2n) is 8.26. The van der Waals surface area contributed by atoms with Crippen LogP contribution in [-0.4, -0.2) is 72.1 Å². The van der Waals surface area contributed by atoms with Crippen molar-refractivity contribution < 1.29 is 19.4 Å². The summed E-state index contributed by atoms with van der Waals surface area (Å²) in [6.07, 6.45) is 0.870. The Morgan fingerprint density at radius 1 is 0.763 bits per heavy atom. The second kappa shape index (κ2) is 19.8. The summed E-state index contributed by atoms with van der Waals surface area (Å²) < 4.78 is 4.66. The summed E-state index contributed by atoms with van der Waals surface area (Å²) >= 11 is 9.53. The summed E-state index contributed by atoms with van der Waals surface area (Å²) in [6, 6.07) is 22.7. The molecule has 3 aromatic rings. The maximum atomic E-state index is 11.3. The third-order valence-corrected chi connectivity index (χ3v) is 4.98. The molecule has 0 bridgehead atoms. The molecule has 0 aliphatic heterocycles. The van der Waals surface area contributed by atoms with Crippen molar-refractivity contribution in [1.29, 1.82) is 0 Å².